The average molecular weight is 367 g/mol. The van der Waals surface area contributed by atoms with Crippen LogP contribution in [0, 0.1) is 0 Å². The summed E-state index contributed by atoms with van der Waals surface area (Å²) < 4.78 is 10.4. The average Bonchev–Trinajstić information content (AvgIpc) is 2.96. The summed E-state index contributed by atoms with van der Waals surface area (Å²) in [6, 6.07) is 10.9. The van der Waals surface area contributed by atoms with Crippen LogP contribution in [-0.2, 0) is 9.47 Å². The largest absolute Gasteiger partial charge is 0.462 e. The molecule has 0 bridgehead atoms. The zero-order chi connectivity index (χ0) is 19.6. The topological polar surface area (TPSA) is 98.8 Å². The van der Waals surface area contributed by atoms with Crippen molar-refractivity contribution >= 4 is 23.8 Å². The molecule has 0 fully saturated rings. The van der Waals surface area contributed by atoms with Crippen molar-refractivity contribution in [3.8, 4) is 0 Å². The van der Waals surface area contributed by atoms with Gasteiger partial charge in [-0.3, -0.25) is 14.9 Å². The van der Waals surface area contributed by atoms with E-state index in [4.69, 9.17) is 9.47 Å². The normalized spacial score (nSPS) is 13.6. The van der Waals surface area contributed by atoms with Crippen LogP contribution in [0.2, 0.25) is 0 Å². The third-order valence-corrected chi connectivity index (χ3v) is 4.16. The molecule has 2 aromatic rings. The summed E-state index contributed by atoms with van der Waals surface area (Å²) in [5.41, 5.74) is 1.02. The predicted molar refractivity (Wildman–Crippen MR) is 94.5 cm³/mol. The maximum absolute atomic E-state index is 12.6. The van der Waals surface area contributed by atoms with Gasteiger partial charge < -0.3 is 9.47 Å². The molecule has 1 atom stereocenters. The van der Waals surface area contributed by atoms with Gasteiger partial charge in [0.25, 0.3) is 11.8 Å². The second-order valence-corrected chi connectivity index (χ2v) is 5.87. The van der Waals surface area contributed by atoms with Crippen molar-refractivity contribution in [2.24, 2.45) is 0 Å². The van der Waals surface area contributed by atoms with Crippen LogP contribution in [0.25, 0.3) is 0 Å². The molecule has 27 heavy (non-hydrogen) atoms. The fraction of sp³-hybridized carbons (Fsp3) is 0.200. The Morgan fingerprint density at radius 1 is 0.963 bits per heavy atom. The highest BCUT2D eigenvalue weighted by Gasteiger charge is 2.32. The fourth-order valence-corrected chi connectivity index (χ4v) is 2.92. The Morgan fingerprint density at radius 2 is 1.63 bits per heavy atom. The van der Waals surface area contributed by atoms with E-state index in [1.165, 1.54) is 18.2 Å². The Labute approximate surface area is 155 Å². The van der Waals surface area contributed by atoms with Crippen molar-refractivity contribution in [3.05, 3.63) is 70.3 Å². The van der Waals surface area contributed by atoms with E-state index in [1.54, 1.807) is 38.1 Å². The lowest BCUT2D eigenvalue weighted by Crippen LogP contribution is -2.21. The van der Waals surface area contributed by atoms with Crippen molar-refractivity contribution in [2.75, 3.05) is 6.61 Å². The number of ether oxygens (including phenoxy) is 2. The molecule has 2 aromatic carbocycles. The molecule has 138 valence electrons. The van der Waals surface area contributed by atoms with E-state index in [1.807, 2.05) is 0 Å². The molecule has 7 nitrogen and oxygen atoms in total. The zero-order valence-corrected chi connectivity index (χ0v) is 14.8. The number of esters is 2. The first kappa shape index (κ1) is 18.3. The smallest absolute Gasteiger partial charge is 0.339 e. The molecule has 0 spiro atoms. The Hall–Kier alpha value is -3.48. The lowest BCUT2D eigenvalue weighted by atomic mass is 9.99. The fourth-order valence-electron chi connectivity index (χ4n) is 2.92. The SMILES string of the molecule is CCOC(=O)c1ccccc1C(=O)OC(C)c1cccc2c1C(=O)NC2=O. The van der Waals surface area contributed by atoms with Crippen LogP contribution >= 0.6 is 0 Å². The molecule has 0 saturated carbocycles. The number of amides is 2. The Balaban J connectivity index is 1.88. The van der Waals surface area contributed by atoms with Crippen LogP contribution in [0.15, 0.2) is 42.5 Å². The van der Waals surface area contributed by atoms with Crippen molar-refractivity contribution in [1.29, 1.82) is 0 Å². The molecule has 3 rings (SSSR count). The van der Waals surface area contributed by atoms with E-state index in [9.17, 15) is 19.2 Å². The van der Waals surface area contributed by atoms with E-state index in [0.29, 0.717) is 5.56 Å². The number of hydrogen-bond donors (Lipinski definition) is 1. The van der Waals surface area contributed by atoms with Gasteiger partial charge in [-0.25, -0.2) is 9.59 Å². The number of fused-ring (bicyclic) bond motifs is 1. The summed E-state index contributed by atoms with van der Waals surface area (Å²) in [7, 11) is 0. The highest BCUT2D eigenvalue weighted by Crippen LogP contribution is 2.28. The molecule has 0 aromatic heterocycles. The molecule has 1 aliphatic heterocycles. The number of carbonyl (C=O) groups excluding carboxylic acids is 4. The van der Waals surface area contributed by atoms with Crippen LogP contribution in [0.3, 0.4) is 0 Å². The summed E-state index contributed by atoms with van der Waals surface area (Å²) in [5, 5.41) is 2.22. The van der Waals surface area contributed by atoms with Gasteiger partial charge >= 0.3 is 11.9 Å². The standard InChI is InChI=1S/C20H17NO6/c1-3-26-19(24)13-7-4-5-8-14(13)20(25)27-11(2)12-9-6-10-15-16(12)18(23)21-17(15)22/h4-11H,3H2,1-2H3,(H,21,22,23). The van der Waals surface area contributed by atoms with Gasteiger partial charge in [-0.15, -0.1) is 0 Å². The molecule has 0 saturated heterocycles. The Bertz CT molecular complexity index is 949. The summed E-state index contributed by atoms with van der Waals surface area (Å²) in [6.45, 7) is 3.44. The monoisotopic (exact) mass is 367 g/mol. The molecule has 1 aliphatic rings. The molecular formula is C20H17NO6. The first-order valence-electron chi connectivity index (χ1n) is 8.39. The van der Waals surface area contributed by atoms with Crippen LogP contribution in [0.4, 0.5) is 0 Å². The number of carbonyl (C=O) groups is 4. The Morgan fingerprint density at radius 3 is 2.30 bits per heavy atom. The van der Waals surface area contributed by atoms with E-state index < -0.39 is 29.9 Å². The summed E-state index contributed by atoms with van der Waals surface area (Å²) in [6.07, 6.45) is -0.806. The van der Waals surface area contributed by atoms with Gasteiger partial charge in [-0.05, 0) is 32.0 Å². The number of rotatable bonds is 5. The minimum atomic E-state index is -0.806. The molecule has 7 heteroatoms. The third-order valence-electron chi connectivity index (χ3n) is 4.16. The Kier molecular flexibility index (Phi) is 5.03. The minimum absolute atomic E-state index is 0.0657. The first-order chi connectivity index (χ1) is 12.9. The van der Waals surface area contributed by atoms with Gasteiger partial charge in [0.15, 0.2) is 0 Å². The number of benzene rings is 2. The van der Waals surface area contributed by atoms with Crippen LogP contribution in [0.5, 0.6) is 0 Å². The van der Waals surface area contributed by atoms with Crippen LogP contribution in [-0.4, -0.2) is 30.4 Å². The van der Waals surface area contributed by atoms with Crippen molar-refractivity contribution < 1.29 is 28.7 Å². The van der Waals surface area contributed by atoms with Crippen molar-refractivity contribution in [1.82, 2.24) is 5.32 Å². The van der Waals surface area contributed by atoms with Gasteiger partial charge in [-0.2, -0.15) is 0 Å². The lowest BCUT2D eigenvalue weighted by Gasteiger charge is -2.17. The molecule has 0 radical (unpaired) electrons. The molecule has 2 amide bonds. The van der Waals surface area contributed by atoms with E-state index in [2.05, 4.69) is 5.32 Å². The molecule has 0 aliphatic carbocycles. The second-order valence-electron chi connectivity index (χ2n) is 5.87. The zero-order valence-electron chi connectivity index (χ0n) is 14.8. The highest BCUT2D eigenvalue weighted by molar-refractivity contribution is 6.22. The first-order valence-corrected chi connectivity index (χ1v) is 8.39. The number of hydrogen-bond acceptors (Lipinski definition) is 6. The lowest BCUT2D eigenvalue weighted by molar-refractivity contribution is 0.0324. The maximum atomic E-state index is 12.6. The van der Waals surface area contributed by atoms with Gasteiger partial charge in [0.1, 0.15) is 6.10 Å². The molecular weight excluding hydrogens is 350 g/mol. The van der Waals surface area contributed by atoms with Crippen LogP contribution < -0.4 is 5.32 Å². The summed E-state index contributed by atoms with van der Waals surface area (Å²) in [4.78, 5) is 48.5. The van der Waals surface area contributed by atoms with E-state index in [0.717, 1.165) is 0 Å². The van der Waals surface area contributed by atoms with E-state index in [-0.39, 0.29) is 28.9 Å². The van der Waals surface area contributed by atoms with Crippen molar-refractivity contribution in [3.63, 3.8) is 0 Å². The van der Waals surface area contributed by atoms with Gasteiger partial charge in [-0.1, -0.05) is 24.3 Å². The van der Waals surface area contributed by atoms with E-state index >= 15 is 0 Å². The van der Waals surface area contributed by atoms with Gasteiger partial charge in [0.2, 0.25) is 0 Å². The highest BCUT2D eigenvalue weighted by atomic mass is 16.5. The molecule has 1 unspecified atom stereocenters. The number of nitrogens with one attached hydrogen (secondary N) is 1. The third kappa shape index (κ3) is 3.44. The summed E-state index contributed by atoms with van der Waals surface area (Å²) >= 11 is 0. The van der Waals surface area contributed by atoms with Gasteiger partial charge in [0, 0.05) is 5.56 Å². The quantitative estimate of drug-likeness (QED) is 0.644. The molecule has 1 heterocycles. The molecule has 1 N–H and O–H groups in total. The number of imide groups is 1. The van der Waals surface area contributed by atoms with Gasteiger partial charge in [0.05, 0.1) is 28.9 Å². The summed E-state index contributed by atoms with van der Waals surface area (Å²) in [5.74, 6) is -2.36. The minimum Gasteiger partial charge on any atom is -0.462 e. The second kappa shape index (κ2) is 7.41. The van der Waals surface area contributed by atoms with Crippen molar-refractivity contribution in [2.45, 2.75) is 20.0 Å². The van der Waals surface area contributed by atoms with Crippen LogP contribution in [0.1, 0.15) is 66.9 Å². The maximum Gasteiger partial charge on any atom is 0.339 e. The predicted octanol–water partition coefficient (Wildman–Crippen LogP) is 2.66.